The van der Waals surface area contributed by atoms with E-state index in [1.807, 2.05) is 75.4 Å². The summed E-state index contributed by atoms with van der Waals surface area (Å²) in [6.07, 6.45) is 0.512. The molecule has 5 rings (SSSR count). The Morgan fingerprint density at radius 1 is 1.02 bits per heavy atom. The van der Waals surface area contributed by atoms with Gasteiger partial charge in [-0.05, 0) is 93.4 Å². The van der Waals surface area contributed by atoms with Crippen LogP contribution in [0.5, 0.6) is 17.2 Å². The number of aliphatic hydroxyl groups is 1. The molecule has 0 aliphatic carbocycles. The number of aliphatic hydroxyl groups excluding tert-OH is 1. The second-order valence-corrected chi connectivity index (χ2v) is 11.9. The van der Waals surface area contributed by atoms with E-state index in [0.29, 0.717) is 41.0 Å². The van der Waals surface area contributed by atoms with E-state index in [2.05, 4.69) is 25.7 Å². The Morgan fingerprint density at radius 3 is 2.46 bits per heavy atom. The van der Waals surface area contributed by atoms with Gasteiger partial charge in [-0.1, -0.05) is 29.8 Å². The number of esters is 1. The molecule has 0 unspecified atom stereocenters. The van der Waals surface area contributed by atoms with Crippen LogP contribution in [0.4, 0.5) is 4.79 Å². The molecule has 0 saturated heterocycles. The highest BCUT2D eigenvalue weighted by Crippen LogP contribution is 2.35. The molecule has 0 fully saturated rings. The van der Waals surface area contributed by atoms with Crippen LogP contribution in [0.25, 0.3) is 5.69 Å². The van der Waals surface area contributed by atoms with Crippen LogP contribution in [0, 0.1) is 13.8 Å². The largest absolute Gasteiger partial charge is 0.490 e. The van der Waals surface area contributed by atoms with E-state index < -0.39 is 24.3 Å². The number of methoxy groups -OCH3 is 1. The Morgan fingerprint density at radius 2 is 1.76 bits per heavy atom. The number of nitrogens with one attached hydrogen (secondary N) is 3. The number of aryl methyl sites for hydroxylation is 1. The van der Waals surface area contributed by atoms with Crippen LogP contribution in [0.2, 0.25) is 5.02 Å². The summed E-state index contributed by atoms with van der Waals surface area (Å²) in [5.74, 6) is 0.934. The summed E-state index contributed by atoms with van der Waals surface area (Å²) < 4.78 is 24.6. The molecule has 2 heterocycles. The van der Waals surface area contributed by atoms with E-state index in [1.165, 1.54) is 7.11 Å². The maximum Gasteiger partial charge on any atom is 0.337 e. The number of carbonyl (C=O) groups excluding carboxylic acids is 2. The number of benzene rings is 3. The first kappa shape index (κ1) is 35.8. The number of halogens is 1. The molecule has 1 aliphatic heterocycles. The molecule has 0 spiro atoms. The van der Waals surface area contributed by atoms with Gasteiger partial charge in [0, 0.05) is 33.4 Å². The molecule has 1 aromatic heterocycles. The molecule has 12 nitrogen and oxygen atoms in total. The molecule has 50 heavy (non-hydrogen) atoms. The molecule has 1 aliphatic rings. The van der Waals surface area contributed by atoms with Gasteiger partial charge in [0.2, 0.25) is 0 Å². The molecule has 2 amide bonds. The molecule has 2 atom stereocenters. The summed E-state index contributed by atoms with van der Waals surface area (Å²) >= 11 is 5.97. The molecule has 262 valence electrons. The molecule has 0 bridgehead atoms. The number of allylic oxidation sites excluding steroid dienone is 1. The fourth-order valence-corrected chi connectivity index (χ4v) is 5.70. The third kappa shape index (κ3) is 8.57. The van der Waals surface area contributed by atoms with Gasteiger partial charge in [0.25, 0.3) is 0 Å². The number of hydrogen-bond donors (Lipinski definition) is 4. The van der Waals surface area contributed by atoms with Crippen molar-refractivity contribution < 1.29 is 33.6 Å². The first-order chi connectivity index (χ1) is 24.1. The maximum absolute atomic E-state index is 12.5. The quantitative estimate of drug-likeness (QED) is 0.0555. The van der Waals surface area contributed by atoms with Crippen molar-refractivity contribution in [1.82, 2.24) is 20.6 Å². The molecule has 3 aromatic carbocycles. The highest BCUT2D eigenvalue weighted by Gasteiger charge is 2.32. The fourth-order valence-electron chi connectivity index (χ4n) is 5.57. The first-order valence-electron chi connectivity index (χ1n) is 16.0. The van der Waals surface area contributed by atoms with Crippen molar-refractivity contribution in [3.05, 3.63) is 117 Å². The Kier molecular flexibility index (Phi) is 11.7. The number of aromatic nitrogens is 1. The number of rotatable bonds is 14. The summed E-state index contributed by atoms with van der Waals surface area (Å²) in [7, 11) is 1.28. The van der Waals surface area contributed by atoms with E-state index >= 15 is 0 Å². The van der Waals surface area contributed by atoms with Crippen LogP contribution in [-0.4, -0.2) is 54.4 Å². The fraction of sp³-hybridized carbons (Fsp3) is 0.270. The second-order valence-electron chi connectivity index (χ2n) is 11.5. The van der Waals surface area contributed by atoms with E-state index in [4.69, 9.17) is 30.5 Å². The van der Waals surface area contributed by atoms with Crippen molar-refractivity contribution >= 4 is 29.8 Å². The van der Waals surface area contributed by atoms with Crippen molar-refractivity contribution in [2.45, 2.75) is 46.6 Å². The Labute approximate surface area is 295 Å². The zero-order chi connectivity index (χ0) is 35.8. The highest BCUT2D eigenvalue weighted by atomic mass is 35.5. The molecular weight excluding hydrogens is 662 g/mol. The predicted octanol–water partition coefficient (Wildman–Crippen LogP) is 5.85. The lowest BCUT2D eigenvalue weighted by Gasteiger charge is -2.28. The third-order valence-corrected chi connectivity index (χ3v) is 8.24. The number of nitrogens with zero attached hydrogens (tertiary/aromatic N) is 2. The normalized spacial score (nSPS) is 14.9. The second kappa shape index (κ2) is 16.3. The Bertz CT molecular complexity index is 1890. The third-order valence-electron chi connectivity index (χ3n) is 7.98. The van der Waals surface area contributed by atoms with Crippen molar-refractivity contribution in [3.8, 4) is 22.9 Å². The number of ether oxygens (including phenoxy) is 4. The summed E-state index contributed by atoms with van der Waals surface area (Å²) in [6.45, 7) is 8.11. The zero-order valence-electron chi connectivity index (χ0n) is 28.5. The SMILES string of the molecule is CCOc1cc([C@@H]2NC(=O)NC(C)=C2C(=O)OC)ccc1OC[C@@H](O)N/N=C/c1cc(C)n(-c2ccc(OCc3ccc(Cl)cc3)cc2)c1C. The van der Waals surface area contributed by atoms with Crippen LogP contribution in [0.3, 0.4) is 0 Å². The summed E-state index contributed by atoms with van der Waals surface area (Å²) in [4.78, 5) is 24.7. The molecule has 4 N–H and O–H groups in total. The summed E-state index contributed by atoms with van der Waals surface area (Å²) in [5, 5.41) is 20.9. The zero-order valence-corrected chi connectivity index (χ0v) is 29.2. The molecule has 0 radical (unpaired) electrons. The van der Waals surface area contributed by atoms with Crippen LogP contribution in [0.15, 0.2) is 89.2 Å². The lowest BCUT2D eigenvalue weighted by atomic mass is 9.95. The molecule has 0 saturated carbocycles. The van der Waals surface area contributed by atoms with Gasteiger partial charge < -0.3 is 39.3 Å². The molecule has 13 heteroatoms. The van der Waals surface area contributed by atoms with E-state index in [0.717, 1.165) is 34.0 Å². The van der Waals surface area contributed by atoms with Gasteiger partial charge in [0.1, 0.15) is 19.0 Å². The minimum Gasteiger partial charge on any atom is -0.490 e. The lowest BCUT2D eigenvalue weighted by Crippen LogP contribution is -2.45. The van der Waals surface area contributed by atoms with Crippen molar-refractivity contribution in [3.63, 3.8) is 0 Å². The number of amides is 2. The predicted molar refractivity (Wildman–Crippen MR) is 190 cm³/mol. The number of carbonyl (C=O) groups is 2. The van der Waals surface area contributed by atoms with Gasteiger partial charge in [0.15, 0.2) is 17.7 Å². The van der Waals surface area contributed by atoms with E-state index in [-0.39, 0.29) is 12.2 Å². The standard InChI is InChI=1S/C37H40ClN5O7/c1-6-48-32-18-26(35-34(36(45)47-5)23(3)40-37(46)41-35)9-16-31(32)50-21-33(44)42-39-19-27-17-22(2)43(24(27)4)29-12-14-30(15-13-29)49-20-25-7-10-28(38)11-8-25/h7-19,33,35,42,44H,6,20-21H2,1-5H3,(H2,40,41,46)/b39-19+/t33-,35+/m1/s1. The average molecular weight is 702 g/mol. The van der Waals surface area contributed by atoms with Crippen LogP contribution >= 0.6 is 11.6 Å². The first-order valence-corrected chi connectivity index (χ1v) is 16.3. The molecule has 4 aromatic rings. The van der Waals surface area contributed by atoms with Crippen molar-refractivity contribution in [1.29, 1.82) is 0 Å². The van der Waals surface area contributed by atoms with Gasteiger partial charge >= 0.3 is 12.0 Å². The number of urea groups is 1. The van der Waals surface area contributed by atoms with Crippen molar-refractivity contribution in [2.75, 3.05) is 20.3 Å². The van der Waals surface area contributed by atoms with Crippen LogP contribution in [0.1, 0.15) is 48.0 Å². The topological polar surface area (TPSA) is 145 Å². The van der Waals surface area contributed by atoms with Gasteiger partial charge in [0.05, 0.1) is 31.5 Å². The highest BCUT2D eigenvalue weighted by molar-refractivity contribution is 6.30. The molecular formula is C37H40ClN5O7. The van der Waals surface area contributed by atoms with Gasteiger partial charge in [-0.15, -0.1) is 0 Å². The summed E-state index contributed by atoms with van der Waals surface area (Å²) in [6, 6.07) is 21.3. The van der Waals surface area contributed by atoms with Crippen LogP contribution in [-0.2, 0) is 16.1 Å². The van der Waals surface area contributed by atoms with Crippen LogP contribution < -0.4 is 30.3 Å². The smallest absolute Gasteiger partial charge is 0.337 e. The van der Waals surface area contributed by atoms with Gasteiger partial charge in [-0.3, -0.25) is 5.43 Å². The maximum atomic E-state index is 12.5. The number of hydrogen-bond acceptors (Lipinski definition) is 9. The van der Waals surface area contributed by atoms with E-state index in [1.54, 1.807) is 31.3 Å². The van der Waals surface area contributed by atoms with Gasteiger partial charge in [-0.2, -0.15) is 5.10 Å². The number of hydrazone groups is 1. The lowest BCUT2D eigenvalue weighted by molar-refractivity contribution is -0.136. The summed E-state index contributed by atoms with van der Waals surface area (Å²) in [5.41, 5.74) is 8.83. The minimum absolute atomic E-state index is 0.140. The van der Waals surface area contributed by atoms with Crippen molar-refractivity contribution in [2.24, 2.45) is 5.10 Å². The Hall–Kier alpha value is -5.46. The van der Waals surface area contributed by atoms with Gasteiger partial charge in [-0.25, -0.2) is 9.59 Å². The Balaban J connectivity index is 1.19. The average Bonchev–Trinajstić information content (AvgIpc) is 3.38. The minimum atomic E-state index is -1.13. The monoisotopic (exact) mass is 701 g/mol. The van der Waals surface area contributed by atoms with E-state index in [9.17, 15) is 14.7 Å².